The van der Waals surface area contributed by atoms with Crippen LogP contribution in [0.25, 0.3) is 0 Å². The first-order valence-corrected chi connectivity index (χ1v) is 5.70. The van der Waals surface area contributed by atoms with Gasteiger partial charge in [0.05, 0.1) is 13.2 Å². The van der Waals surface area contributed by atoms with Gasteiger partial charge >= 0.3 is 0 Å². The van der Waals surface area contributed by atoms with E-state index in [4.69, 9.17) is 10.5 Å². The van der Waals surface area contributed by atoms with Crippen LogP contribution in [0.2, 0.25) is 0 Å². The van der Waals surface area contributed by atoms with Crippen molar-refractivity contribution in [2.24, 2.45) is 5.73 Å². The summed E-state index contributed by atoms with van der Waals surface area (Å²) in [7, 11) is 2.08. The van der Waals surface area contributed by atoms with Crippen LogP contribution in [0, 0.1) is 13.8 Å². The summed E-state index contributed by atoms with van der Waals surface area (Å²) in [5.74, 6) is 0. The predicted molar refractivity (Wildman–Crippen MR) is 76.3 cm³/mol. The van der Waals surface area contributed by atoms with Crippen molar-refractivity contribution < 1.29 is 4.74 Å². The summed E-state index contributed by atoms with van der Waals surface area (Å²) in [6.07, 6.45) is 0. The first kappa shape index (κ1) is 16.2. The van der Waals surface area contributed by atoms with Gasteiger partial charge in [0, 0.05) is 25.8 Å². The highest BCUT2D eigenvalue weighted by atomic mass is 35.5. The second kappa shape index (κ2) is 8.34. The second-order valence-corrected chi connectivity index (χ2v) is 4.17. The smallest absolute Gasteiger partial charge is 0.0642 e. The molecule has 0 aliphatic carbocycles. The van der Waals surface area contributed by atoms with Crippen LogP contribution >= 0.6 is 12.4 Å². The van der Waals surface area contributed by atoms with E-state index < -0.39 is 0 Å². The van der Waals surface area contributed by atoms with Crippen molar-refractivity contribution in [3.63, 3.8) is 0 Å². The van der Waals surface area contributed by atoms with Gasteiger partial charge in [0.15, 0.2) is 0 Å². The third-order valence-electron chi connectivity index (χ3n) is 2.48. The molecule has 2 N–H and O–H groups in total. The largest absolute Gasteiger partial charge is 0.378 e. The number of hydrogen-bond acceptors (Lipinski definition) is 3. The summed E-state index contributed by atoms with van der Waals surface area (Å²) in [5.41, 5.74) is 9.19. The van der Waals surface area contributed by atoms with Crippen molar-refractivity contribution in [1.29, 1.82) is 0 Å². The molecule has 0 spiro atoms. The van der Waals surface area contributed by atoms with E-state index in [9.17, 15) is 0 Å². The molecule has 0 radical (unpaired) electrons. The van der Waals surface area contributed by atoms with Gasteiger partial charge in [-0.3, -0.25) is 0 Å². The average molecular weight is 259 g/mol. The van der Waals surface area contributed by atoms with E-state index in [2.05, 4.69) is 44.0 Å². The molecule has 17 heavy (non-hydrogen) atoms. The number of nitrogens with two attached hydrogens (primary N) is 1. The van der Waals surface area contributed by atoms with Crippen LogP contribution in [0.3, 0.4) is 0 Å². The van der Waals surface area contributed by atoms with Gasteiger partial charge in [0.1, 0.15) is 0 Å². The fourth-order valence-corrected chi connectivity index (χ4v) is 1.69. The van der Waals surface area contributed by atoms with Crippen molar-refractivity contribution in [1.82, 2.24) is 0 Å². The molecule has 0 aliphatic rings. The molecule has 1 rings (SSSR count). The maximum atomic E-state index is 5.37. The summed E-state index contributed by atoms with van der Waals surface area (Å²) in [4.78, 5) is 2.20. The maximum Gasteiger partial charge on any atom is 0.0642 e. The summed E-state index contributed by atoms with van der Waals surface area (Å²) in [6, 6.07) is 6.56. The molecule has 0 saturated heterocycles. The maximum absolute atomic E-state index is 5.37. The van der Waals surface area contributed by atoms with Gasteiger partial charge in [-0.05, 0) is 37.1 Å². The summed E-state index contributed by atoms with van der Waals surface area (Å²) in [6.45, 7) is 7.09. The van der Waals surface area contributed by atoms with Crippen LogP contribution in [-0.2, 0) is 4.74 Å². The highest BCUT2D eigenvalue weighted by Gasteiger charge is 2.01. The normalized spacial score (nSPS) is 9.88. The number of aryl methyl sites for hydroxylation is 2. The third kappa shape index (κ3) is 5.91. The Morgan fingerprint density at radius 1 is 1.12 bits per heavy atom. The molecule has 0 saturated carbocycles. The highest BCUT2D eigenvalue weighted by Crippen LogP contribution is 2.17. The van der Waals surface area contributed by atoms with Gasteiger partial charge in [0.2, 0.25) is 0 Å². The van der Waals surface area contributed by atoms with Gasteiger partial charge in [-0.2, -0.15) is 0 Å². The number of nitrogens with zero attached hydrogens (tertiary/aromatic N) is 1. The lowest BCUT2D eigenvalue weighted by Crippen LogP contribution is -2.23. The SMILES string of the molecule is Cc1cc(C)cc(N(C)CCOCCN)c1.Cl. The fraction of sp³-hybridized carbons (Fsp3) is 0.538. The van der Waals surface area contributed by atoms with Crippen LogP contribution in [0.1, 0.15) is 11.1 Å². The molecule has 0 heterocycles. The van der Waals surface area contributed by atoms with Gasteiger partial charge < -0.3 is 15.4 Å². The van der Waals surface area contributed by atoms with Gasteiger partial charge in [-0.25, -0.2) is 0 Å². The van der Waals surface area contributed by atoms with Gasteiger partial charge in [-0.1, -0.05) is 6.07 Å². The molecule has 0 aliphatic heterocycles. The first-order valence-electron chi connectivity index (χ1n) is 5.70. The van der Waals surface area contributed by atoms with Crippen LogP contribution in [-0.4, -0.2) is 33.4 Å². The second-order valence-electron chi connectivity index (χ2n) is 4.17. The van der Waals surface area contributed by atoms with Crippen molar-refractivity contribution in [3.8, 4) is 0 Å². The minimum atomic E-state index is 0. The molecule has 0 aromatic heterocycles. The van der Waals surface area contributed by atoms with Crippen molar-refractivity contribution in [2.75, 3.05) is 38.3 Å². The Bertz CT molecular complexity index is 311. The van der Waals surface area contributed by atoms with E-state index in [1.54, 1.807) is 0 Å². The van der Waals surface area contributed by atoms with Crippen LogP contribution in [0.15, 0.2) is 18.2 Å². The summed E-state index contributed by atoms with van der Waals surface area (Å²) >= 11 is 0. The summed E-state index contributed by atoms with van der Waals surface area (Å²) < 4.78 is 5.37. The molecule has 0 amide bonds. The third-order valence-corrected chi connectivity index (χ3v) is 2.48. The number of hydrogen-bond donors (Lipinski definition) is 1. The Labute approximate surface area is 110 Å². The van der Waals surface area contributed by atoms with Crippen LogP contribution in [0.4, 0.5) is 5.69 Å². The molecular formula is C13H23ClN2O. The fourth-order valence-electron chi connectivity index (χ4n) is 1.69. The lowest BCUT2D eigenvalue weighted by molar-refractivity contribution is 0.148. The van der Waals surface area contributed by atoms with Crippen LogP contribution < -0.4 is 10.6 Å². The monoisotopic (exact) mass is 258 g/mol. The predicted octanol–water partition coefficient (Wildman–Crippen LogP) is 2.14. The van der Waals surface area contributed by atoms with E-state index in [0.717, 1.165) is 13.2 Å². The molecule has 1 aromatic rings. The molecule has 1 aromatic carbocycles. The average Bonchev–Trinajstić information content (AvgIpc) is 2.22. The molecule has 4 heteroatoms. The minimum absolute atomic E-state index is 0. The number of ether oxygens (including phenoxy) is 1. The Morgan fingerprint density at radius 3 is 2.24 bits per heavy atom. The van der Waals surface area contributed by atoms with E-state index in [1.807, 2.05) is 0 Å². The molecule has 0 fully saturated rings. The summed E-state index contributed by atoms with van der Waals surface area (Å²) in [5, 5.41) is 0. The Morgan fingerprint density at radius 2 is 1.71 bits per heavy atom. The van der Waals surface area contributed by atoms with Crippen molar-refractivity contribution >= 4 is 18.1 Å². The van der Waals surface area contributed by atoms with Gasteiger partial charge in [0.25, 0.3) is 0 Å². The topological polar surface area (TPSA) is 38.5 Å². The van der Waals surface area contributed by atoms with E-state index in [-0.39, 0.29) is 12.4 Å². The zero-order chi connectivity index (χ0) is 12.0. The van der Waals surface area contributed by atoms with E-state index in [1.165, 1.54) is 16.8 Å². The first-order chi connectivity index (χ1) is 7.63. The lowest BCUT2D eigenvalue weighted by Gasteiger charge is -2.20. The van der Waals surface area contributed by atoms with Gasteiger partial charge in [-0.15, -0.1) is 12.4 Å². The number of likely N-dealkylation sites (N-methyl/N-ethyl adjacent to an activating group) is 1. The molecule has 0 bridgehead atoms. The zero-order valence-electron chi connectivity index (χ0n) is 10.9. The molecular weight excluding hydrogens is 236 g/mol. The Hall–Kier alpha value is -0.770. The number of anilines is 1. The van der Waals surface area contributed by atoms with E-state index >= 15 is 0 Å². The zero-order valence-corrected chi connectivity index (χ0v) is 11.7. The molecule has 98 valence electrons. The Kier molecular flexibility index (Phi) is 7.96. The molecule has 0 atom stereocenters. The minimum Gasteiger partial charge on any atom is -0.378 e. The van der Waals surface area contributed by atoms with E-state index in [0.29, 0.717) is 13.2 Å². The highest BCUT2D eigenvalue weighted by molar-refractivity contribution is 5.85. The molecule has 3 nitrogen and oxygen atoms in total. The van der Waals surface area contributed by atoms with Crippen LogP contribution in [0.5, 0.6) is 0 Å². The molecule has 0 unspecified atom stereocenters. The van der Waals surface area contributed by atoms with Crippen molar-refractivity contribution in [2.45, 2.75) is 13.8 Å². The number of halogens is 1. The number of benzene rings is 1. The Balaban J connectivity index is 0.00000256. The standard InChI is InChI=1S/C13H22N2O.ClH/c1-11-8-12(2)10-13(9-11)15(3)5-7-16-6-4-14;/h8-10H,4-7,14H2,1-3H3;1H. The van der Waals surface area contributed by atoms with Crippen molar-refractivity contribution in [3.05, 3.63) is 29.3 Å². The quantitative estimate of drug-likeness (QED) is 0.795. The lowest BCUT2D eigenvalue weighted by atomic mass is 10.1. The number of rotatable bonds is 6.